The van der Waals surface area contributed by atoms with Crippen molar-refractivity contribution in [1.82, 2.24) is 5.01 Å². The second-order valence-corrected chi connectivity index (χ2v) is 4.57. The molecule has 8 heteroatoms. The highest BCUT2D eigenvalue weighted by atomic mass is 16.8. The Labute approximate surface area is 128 Å². The maximum atomic E-state index is 11.3. The van der Waals surface area contributed by atoms with Crippen LogP contribution in [0.25, 0.3) is 0 Å². The summed E-state index contributed by atoms with van der Waals surface area (Å²) in [5, 5.41) is 17.5. The number of hydrogen-bond donors (Lipinski definition) is 1. The first-order valence-electron chi connectivity index (χ1n) is 6.63. The Morgan fingerprint density at radius 3 is 2.50 bits per heavy atom. The Balaban J connectivity index is 2.60. The third-order valence-corrected chi connectivity index (χ3v) is 2.71. The van der Waals surface area contributed by atoms with E-state index in [1.807, 2.05) is 30.3 Å². The lowest BCUT2D eigenvalue weighted by Crippen LogP contribution is -2.36. The lowest BCUT2D eigenvalue weighted by atomic mass is 10.1. The summed E-state index contributed by atoms with van der Waals surface area (Å²) < 4.78 is 4.69. The molecule has 0 heterocycles. The van der Waals surface area contributed by atoms with E-state index in [9.17, 15) is 14.7 Å². The number of likely N-dealkylation sites (N-methyl/N-ethyl adjacent to an activating group) is 1. The van der Waals surface area contributed by atoms with Crippen molar-refractivity contribution in [2.75, 3.05) is 7.05 Å². The predicted octanol–water partition coefficient (Wildman–Crippen LogP) is 1.82. The fraction of sp³-hybridized carbons (Fsp3) is 0.429. The molecule has 22 heavy (non-hydrogen) atoms. The number of aliphatic carboxylic acids is 1. The van der Waals surface area contributed by atoms with Crippen LogP contribution in [0.4, 0.5) is 0 Å². The topological polar surface area (TPSA) is 101 Å². The summed E-state index contributed by atoms with van der Waals surface area (Å²) in [5.74, 6) is -1.54. The molecule has 0 saturated carbocycles. The average molecular weight is 309 g/mol. The van der Waals surface area contributed by atoms with Gasteiger partial charge in [0.2, 0.25) is 0 Å². The molecule has 120 valence electrons. The number of ether oxygens (including phenoxy) is 1. The van der Waals surface area contributed by atoms with Crippen molar-refractivity contribution in [2.24, 2.45) is 10.5 Å². The Morgan fingerprint density at radius 1 is 1.32 bits per heavy atom. The van der Waals surface area contributed by atoms with E-state index in [-0.39, 0.29) is 6.42 Å². The monoisotopic (exact) mass is 309 g/mol. The molecule has 0 aromatic heterocycles. The highest BCUT2D eigenvalue weighted by Crippen LogP contribution is 2.09. The molecule has 1 rings (SSSR count). The second kappa shape index (κ2) is 8.60. The molecule has 8 nitrogen and oxygen atoms in total. The summed E-state index contributed by atoms with van der Waals surface area (Å²) in [5.41, 5.74) is 0.867. The summed E-state index contributed by atoms with van der Waals surface area (Å²) in [4.78, 5) is 26.8. The summed E-state index contributed by atoms with van der Waals surface area (Å²) in [6.45, 7) is 2.71. The lowest BCUT2D eigenvalue weighted by molar-refractivity contribution is -0.175. The molecule has 0 saturated heterocycles. The first kappa shape index (κ1) is 17.4. The van der Waals surface area contributed by atoms with Crippen LogP contribution >= 0.6 is 0 Å². The van der Waals surface area contributed by atoms with Gasteiger partial charge in [-0.2, -0.15) is 0 Å². The van der Waals surface area contributed by atoms with Crippen LogP contribution in [-0.4, -0.2) is 41.4 Å². The van der Waals surface area contributed by atoms with Gasteiger partial charge in [-0.05, 0) is 10.8 Å². The van der Waals surface area contributed by atoms with Crippen LogP contribution in [0.3, 0.4) is 0 Å². The number of carboxylic acids is 1. The third kappa shape index (κ3) is 6.21. The van der Waals surface area contributed by atoms with E-state index >= 15 is 0 Å². The number of rotatable bonds is 8. The van der Waals surface area contributed by atoms with Gasteiger partial charge in [0, 0.05) is 32.6 Å². The highest BCUT2D eigenvalue weighted by molar-refractivity contribution is 5.73. The summed E-state index contributed by atoms with van der Waals surface area (Å²) >= 11 is 0. The van der Waals surface area contributed by atoms with Crippen LogP contribution in [0.15, 0.2) is 40.8 Å². The van der Waals surface area contributed by atoms with Crippen molar-refractivity contribution in [1.29, 1.82) is 0 Å². The largest absolute Gasteiger partial charge is 0.480 e. The molecular weight excluding hydrogens is 290 g/mol. The molecule has 0 bridgehead atoms. The molecule has 2 atom stereocenters. The lowest BCUT2D eigenvalue weighted by Gasteiger charge is -2.20. The van der Waals surface area contributed by atoms with Crippen molar-refractivity contribution in [3.05, 3.63) is 35.9 Å². The SMILES string of the molecule is CC(=O)OC(C)ON=NN(C)[C@@H](Cc1ccccc1)C(=O)O. The molecule has 0 aliphatic heterocycles. The molecule has 1 aromatic carbocycles. The van der Waals surface area contributed by atoms with Crippen LogP contribution in [0.2, 0.25) is 0 Å². The molecule has 0 aliphatic carbocycles. The fourth-order valence-corrected chi connectivity index (χ4v) is 1.68. The molecule has 0 fully saturated rings. The summed E-state index contributed by atoms with van der Waals surface area (Å²) in [6, 6.07) is 8.30. The molecule has 1 aromatic rings. The smallest absolute Gasteiger partial charge is 0.328 e. The normalized spacial score (nSPS) is 13.4. The molecule has 0 amide bonds. The quantitative estimate of drug-likeness (QED) is 0.340. The Bertz CT molecular complexity index is 520. The highest BCUT2D eigenvalue weighted by Gasteiger charge is 2.22. The predicted molar refractivity (Wildman–Crippen MR) is 76.5 cm³/mol. The van der Waals surface area contributed by atoms with Crippen LogP contribution in [0, 0.1) is 0 Å². The van der Waals surface area contributed by atoms with Gasteiger partial charge >= 0.3 is 11.9 Å². The molecule has 1 N–H and O–H groups in total. The Morgan fingerprint density at radius 2 is 1.95 bits per heavy atom. The van der Waals surface area contributed by atoms with Crippen LogP contribution in [-0.2, 0) is 25.6 Å². The Kier molecular flexibility index (Phi) is 6.81. The van der Waals surface area contributed by atoms with Crippen molar-refractivity contribution in [2.45, 2.75) is 32.6 Å². The minimum Gasteiger partial charge on any atom is -0.480 e. The van der Waals surface area contributed by atoms with Gasteiger partial charge in [-0.1, -0.05) is 30.3 Å². The second-order valence-electron chi connectivity index (χ2n) is 4.57. The number of nitrogens with zero attached hydrogens (tertiary/aromatic N) is 3. The maximum absolute atomic E-state index is 11.3. The van der Waals surface area contributed by atoms with Gasteiger partial charge in [-0.3, -0.25) is 9.80 Å². The summed E-state index contributed by atoms with van der Waals surface area (Å²) in [7, 11) is 1.48. The van der Waals surface area contributed by atoms with Crippen LogP contribution in [0.5, 0.6) is 0 Å². The minimum atomic E-state index is -1.03. The minimum absolute atomic E-state index is 0.269. The van der Waals surface area contributed by atoms with E-state index in [0.29, 0.717) is 0 Å². The Hall–Kier alpha value is -2.64. The van der Waals surface area contributed by atoms with E-state index in [2.05, 4.69) is 15.2 Å². The number of carboxylic acid groups (broad SMARTS) is 1. The third-order valence-electron chi connectivity index (χ3n) is 2.71. The number of benzene rings is 1. The van der Waals surface area contributed by atoms with E-state index in [1.165, 1.54) is 25.9 Å². The van der Waals surface area contributed by atoms with Gasteiger partial charge in [0.15, 0.2) is 0 Å². The zero-order valence-corrected chi connectivity index (χ0v) is 12.7. The van der Waals surface area contributed by atoms with E-state index in [1.54, 1.807) is 0 Å². The standard InChI is InChI=1S/C14H19N3O5/c1-10(18)21-11(2)22-16-15-17(3)13(14(19)20)9-12-7-5-4-6-8-12/h4-8,11,13H,9H2,1-3H3,(H,19,20)/t11?,13-/m0/s1. The molecular formula is C14H19N3O5. The van der Waals surface area contributed by atoms with Gasteiger partial charge in [-0.25, -0.2) is 4.79 Å². The van der Waals surface area contributed by atoms with Gasteiger partial charge < -0.3 is 14.7 Å². The van der Waals surface area contributed by atoms with E-state index in [0.717, 1.165) is 5.56 Å². The fourth-order valence-electron chi connectivity index (χ4n) is 1.68. The number of carbonyl (C=O) groups is 2. The van der Waals surface area contributed by atoms with Gasteiger partial charge in [0.05, 0.1) is 0 Å². The number of esters is 1. The van der Waals surface area contributed by atoms with Crippen LogP contribution in [0.1, 0.15) is 19.4 Å². The van der Waals surface area contributed by atoms with Crippen molar-refractivity contribution < 1.29 is 24.3 Å². The number of carbonyl (C=O) groups excluding carboxylic acids is 1. The first-order valence-corrected chi connectivity index (χ1v) is 6.63. The van der Waals surface area contributed by atoms with Crippen LogP contribution < -0.4 is 0 Å². The molecule has 1 unspecified atom stereocenters. The van der Waals surface area contributed by atoms with E-state index < -0.39 is 24.3 Å². The van der Waals surface area contributed by atoms with Crippen molar-refractivity contribution in [3.8, 4) is 0 Å². The molecule has 0 radical (unpaired) electrons. The van der Waals surface area contributed by atoms with Gasteiger partial charge in [0.1, 0.15) is 6.04 Å². The van der Waals surface area contributed by atoms with Crippen molar-refractivity contribution in [3.63, 3.8) is 0 Å². The van der Waals surface area contributed by atoms with E-state index in [4.69, 9.17) is 4.84 Å². The average Bonchev–Trinajstić information content (AvgIpc) is 2.44. The molecule has 0 spiro atoms. The van der Waals surface area contributed by atoms with Gasteiger partial charge in [-0.15, -0.1) is 0 Å². The number of hydrogen-bond acceptors (Lipinski definition) is 6. The molecule has 0 aliphatic rings. The zero-order valence-electron chi connectivity index (χ0n) is 12.7. The summed E-state index contributed by atoms with van der Waals surface area (Å²) in [6.07, 6.45) is -0.627. The first-order chi connectivity index (χ1) is 10.4. The zero-order chi connectivity index (χ0) is 16.5. The maximum Gasteiger partial charge on any atom is 0.328 e. The van der Waals surface area contributed by atoms with Gasteiger partial charge in [0.25, 0.3) is 6.29 Å². The van der Waals surface area contributed by atoms with Crippen molar-refractivity contribution >= 4 is 11.9 Å².